The Kier molecular flexibility index (Phi) is 5.83. The molecule has 0 aromatic rings. The molecule has 0 amide bonds. The molecule has 0 saturated carbocycles. The first kappa shape index (κ1) is 16.9. The first-order chi connectivity index (χ1) is 8.76. The quantitative estimate of drug-likeness (QED) is 0.808. The van der Waals surface area contributed by atoms with Gasteiger partial charge in [0.2, 0.25) is 0 Å². The Bertz CT molecular complexity index is 375. The number of rotatable bonds is 6. The van der Waals surface area contributed by atoms with Crippen LogP contribution in [-0.2, 0) is 9.84 Å². The highest BCUT2D eigenvalue weighted by atomic mass is 32.2. The van der Waals surface area contributed by atoms with Crippen molar-refractivity contribution in [2.24, 2.45) is 0 Å². The van der Waals surface area contributed by atoms with Gasteiger partial charge < -0.3 is 5.32 Å². The van der Waals surface area contributed by atoms with Crippen LogP contribution in [0.3, 0.4) is 0 Å². The lowest BCUT2D eigenvalue weighted by Crippen LogP contribution is -2.63. The van der Waals surface area contributed by atoms with Crippen LogP contribution in [-0.4, -0.2) is 55.5 Å². The average Bonchev–Trinajstić information content (AvgIpc) is 2.38. The largest absolute Gasteiger partial charge is 0.308 e. The highest BCUT2D eigenvalue weighted by Crippen LogP contribution is 2.22. The summed E-state index contributed by atoms with van der Waals surface area (Å²) in [6.45, 7) is 12.7. The Morgan fingerprint density at radius 2 is 1.89 bits per heavy atom. The van der Waals surface area contributed by atoms with Crippen molar-refractivity contribution in [2.45, 2.75) is 64.3 Å². The van der Waals surface area contributed by atoms with Gasteiger partial charge in [0, 0.05) is 31.2 Å². The fraction of sp³-hybridized carbons (Fsp3) is 1.00. The summed E-state index contributed by atoms with van der Waals surface area (Å²) in [7, 11) is -2.93. The molecule has 1 saturated heterocycles. The van der Waals surface area contributed by atoms with Crippen molar-refractivity contribution in [2.75, 3.05) is 25.4 Å². The molecule has 0 aromatic carbocycles. The van der Waals surface area contributed by atoms with Gasteiger partial charge in [-0.1, -0.05) is 13.8 Å². The molecule has 1 aliphatic heterocycles. The van der Waals surface area contributed by atoms with Crippen molar-refractivity contribution in [3.63, 3.8) is 0 Å². The third-order valence-corrected chi connectivity index (χ3v) is 6.82. The Labute approximate surface area is 118 Å². The third-order valence-electron chi connectivity index (χ3n) is 4.64. The van der Waals surface area contributed by atoms with Gasteiger partial charge in [-0.3, -0.25) is 4.90 Å². The third kappa shape index (κ3) is 4.17. The van der Waals surface area contributed by atoms with Gasteiger partial charge in [-0.05, 0) is 33.6 Å². The van der Waals surface area contributed by atoms with E-state index in [1.165, 1.54) is 0 Å². The molecule has 0 aliphatic carbocycles. The summed E-state index contributed by atoms with van der Waals surface area (Å²) < 4.78 is 23.9. The highest BCUT2D eigenvalue weighted by Gasteiger charge is 2.35. The predicted octanol–water partition coefficient (Wildman–Crippen LogP) is 1.66. The van der Waals surface area contributed by atoms with Crippen LogP contribution in [0.15, 0.2) is 0 Å². The minimum absolute atomic E-state index is 0.161. The predicted molar refractivity (Wildman–Crippen MR) is 81.3 cm³/mol. The zero-order valence-electron chi connectivity index (χ0n) is 13.1. The van der Waals surface area contributed by atoms with Crippen LogP contribution in [0.25, 0.3) is 0 Å². The van der Waals surface area contributed by atoms with E-state index in [9.17, 15) is 8.42 Å². The normalized spacial score (nSPS) is 24.8. The maximum Gasteiger partial charge on any atom is 0.153 e. The number of nitrogens with one attached hydrogen (secondary N) is 1. The van der Waals surface area contributed by atoms with E-state index in [4.69, 9.17) is 0 Å². The Hall–Kier alpha value is -0.130. The molecule has 1 rings (SSSR count). The van der Waals surface area contributed by atoms with E-state index >= 15 is 0 Å². The molecule has 1 aliphatic rings. The Balaban J connectivity index is 2.66. The molecule has 4 nitrogen and oxygen atoms in total. The van der Waals surface area contributed by atoms with Gasteiger partial charge in [0.1, 0.15) is 0 Å². The first-order valence-corrected chi connectivity index (χ1v) is 9.18. The maximum atomic E-state index is 11.9. The molecule has 114 valence electrons. The van der Waals surface area contributed by atoms with E-state index in [0.29, 0.717) is 12.6 Å². The molecule has 0 bridgehead atoms. The van der Waals surface area contributed by atoms with Gasteiger partial charge in [-0.2, -0.15) is 0 Å². The molecule has 0 spiro atoms. The minimum Gasteiger partial charge on any atom is -0.308 e. The van der Waals surface area contributed by atoms with Crippen LogP contribution in [0.1, 0.15) is 47.5 Å². The maximum absolute atomic E-state index is 11.9. The van der Waals surface area contributed by atoms with E-state index in [2.05, 4.69) is 31.0 Å². The summed E-state index contributed by atoms with van der Waals surface area (Å²) >= 11 is 0. The second-order valence-corrected chi connectivity index (χ2v) is 8.78. The monoisotopic (exact) mass is 290 g/mol. The highest BCUT2D eigenvalue weighted by molar-refractivity contribution is 7.92. The van der Waals surface area contributed by atoms with Gasteiger partial charge in [-0.15, -0.1) is 0 Å². The molecule has 1 heterocycles. The summed E-state index contributed by atoms with van der Waals surface area (Å²) in [5.74, 6) is 0.276. The zero-order chi connectivity index (χ0) is 14.7. The van der Waals surface area contributed by atoms with Gasteiger partial charge in [0.15, 0.2) is 9.84 Å². The number of hydrogen-bond acceptors (Lipinski definition) is 4. The average molecular weight is 290 g/mol. The summed E-state index contributed by atoms with van der Waals surface area (Å²) in [6, 6.07) is 0.411. The summed E-state index contributed by atoms with van der Waals surface area (Å²) in [4.78, 5) is 2.34. The van der Waals surface area contributed by atoms with Crippen LogP contribution >= 0.6 is 0 Å². The molecule has 1 atom stereocenters. The topological polar surface area (TPSA) is 49.4 Å². The summed E-state index contributed by atoms with van der Waals surface area (Å²) in [5, 5.41) is 3.37. The molecule has 5 heteroatoms. The lowest BCUT2D eigenvalue weighted by Gasteiger charge is -2.46. The SMILES string of the molecule is CCC1(CC)CN(CCS(=O)(=O)C(C)C)C(C)CN1. The zero-order valence-corrected chi connectivity index (χ0v) is 13.9. The molecule has 1 N–H and O–H groups in total. The van der Waals surface area contributed by atoms with Crippen LogP contribution in [0.2, 0.25) is 0 Å². The van der Waals surface area contributed by atoms with E-state index in [1.807, 2.05) is 0 Å². The fourth-order valence-electron chi connectivity index (χ4n) is 2.60. The second-order valence-electron chi connectivity index (χ2n) is 6.10. The second kappa shape index (κ2) is 6.55. The first-order valence-electron chi connectivity index (χ1n) is 7.47. The van der Waals surface area contributed by atoms with E-state index in [0.717, 1.165) is 25.9 Å². The fourth-order valence-corrected chi connectivity index (χ4v) is 3.56. The van der Waals surface area contributed by atoms with Gasteiger partial charge in [-0.25, -0.2) is 8.42 Å². The smallest absolute Gasteiger partial charge is 0.153 e. The molecular formula is C14H30N2O2S. The molecule has 0 aromatic heterocycles. The summed E-state index contributed by atoms with van der Waals surface area (Å²) in [6.07, 6.45) is 2.17. The van der Waals surface area contributed by atoms with Crippen molar-refractivity contribution in [3.8, 4) is 0 Å². The van der Waals surface area contributed by atoms with Gasteiger partial charge in [0.05, 0.1) is 11.0 Å². The van der Waals surface area contributed by atoms with Crippen molar-refractivity contribution < 1.29 is 8.42 Å². The Morgan fingerprint density at radius 1 is 1.32 bits per heavy atom. The molecular weight excluding hydrogens is 260 g/mol. The molecule has 0 radical (unpaired) electrons. The molecule has 1 unspecified atom stereocenters. The van der Waals surface area contributed by atoms with Gasteiger partial charge >= 0.3 is 0 Å². The van der Waals surface area contributed by atoms with Crippen molar-refractivity contribution >= 4 is 9.84 Å². The lowest BCUT2D eigenvalue weighted by molar-refractivity contribution is 0.0864. The summed E-state index contributed by atoms with van der Waals surface area (Å²) in [5.41, 5.74) is 0.161. The number of nitrogens with zero attached hydrogens (tertiary/aromatic N) is 1. The number of piperazine rings is 1. The van der Waals surface area contributed by atoms with Crippen LogP contribution in [0.5, 0.6) is 0 Å². The lowest BCUT2D eigenvalue weighted by atomic mass is 9.89. The van der Waals surface area contributed by atoms with Crippen molar-refractivity contribution in [1.82, 2.24) is 10.2 Å². The van der Waals surface area contributed by atoms with Crippen LogP contribution in [0.4, 0.5) is 0 Å². The van der Waals surface area contributed by atoms with E-state index < -0.39 is 9.84 Å². The van der Waals surface area contributed by atoms with Crippen LogP contribution in [0, 0.1) is 0 Å². The van der Waals surface area contributed by atoms with Crippen molar-refractivity contribution in [3.05, 3.63) is 0 Å². The number of sulfone groups is 1. The van der Waals surface area contributed by atoms with E-state index in [-0.39, 0.29) is 16.5 Å². The van der Waals surface area contributed by atoms with Crippen molar-refractivity contribution in [1.29, 1.82) is 0 Å². The standard InChI is InChI=1S/C14H30N2O2S/c1-6-14(7-2)11-16(13(5)10-15-14)8-9-19(17,18)12(3)4/h12-13,15H,6-11H2,1-5H3. The van der Waals surface area contributed by atoms with Crippen LogP contribution < -0.4 is 5.32 Å². The van der Waals surface area contributed by atoms with Gasteiger partial charge in [0.25, 0.3) is 0 Å². The minimum atomic E-state index is -2.93. The Morgan fingerprint density at radius 3 is 2.37 bits per heavy atom. The van der Waals surface area contributed by atoms with E-state index in [1.54, 1.807) is 13.8 Å². The molecule has 1 fully saturated rings. The molecule has 19 heavy (non-hydrogen) atoms. The number of hydrogen-bond donors (Lipinski definition) is 1.